The molecule has 0 aliphatic carbocycles. The Morgan fingerprint density at radius 2 is 1.78 bits per heavy atom. The number of hydrogen-bond donors (Lipinski definition) is 1. The van der Waals surface area contributed by atoms with Crippen LogP contribution < -0.4 is 5.32 Å². The van der Waals surface area contributed by atoms with Crippen molar-refractivity contribution in [1.29, 1.82) is 0 Å². The van der Waals surface area contributed by atoms with Crippen LogP contribution in [-0.2, 0) is 11.2 Å². The van der Waals surface area contributed by atoms with Gasteiger partial charge in [0.15, 0.2) is 0 Å². The Balaban J connectivity index is 2.00. The van der Waals surface area contributed by atoms with Crippen LogP contribution in [0.25, 0.3) is 0 Å². The fraction of sp³-hybridized carbons (Fsp3) is 0.222. The van der Waals surface area contributed by atoms with E-state index in [1.165, 1.54) is 24.3 Å². The number of carbonyl (C=O) groups is 2. The summed E-state index contributed by atoms with van der Waals surface area (Å²) in [6.45, 7) is 0. The molecule has 0 spiro atoms. The Kier molecular flexibility index (Phi) is 5.46. The van der Waals surface area contributed by atoms with Gasteiger partial charge in [0.25, 0.3) is 5.91 Å². The lowest BCUT2D eigenvalue weighted by Gasteiger charge is -2.11. The highest BCUT2D eigenvalue weighted by molar-refractivity contribution is 6.04. The normalized spacial score (nSPS) is 10.2. The van der Waals surface area contributed by atoms with Crippen LogP contribution >= 0.6 is 0 Å². The lowest BCUT2D eigenvalue weighted by molar-refractivity contribution is -0.128. The third kappa shape index (κ3) is 4.92. The van der Waals surface area contributed by atoms with Gasteiger partial charge in [0.2, 0.25) is 5.91 Å². The predicted octanol–water partition coefficient (Wildman–Crippen LogP) is 3.10. The van der Waals surface area contributed by atoms with Crippen molar-refractivity contribution in [2.45, 2.75) is 12.8 Å². The van der Waals surface area contributed by atoms with E-state index in [2.05, 4.69) is 5.32 Å². The fourth-order valence-corrected chi connectivity index (χ4v) is 2.08. The summed E-state index contributed by atoms with van der Waals surface area (Å²) >= 11 is 0. The zero-order valence-corrected chi connectivity index (χ0v) is 13.2. The number of nitrogens with zero attached hydrogens (tertiary/aromatic N) is 1. The summed E-state index contributed by atoms with van der Waals surface area (Å²) in [4.78, 5) is 25.3. The van der Waals surface area contributed by atoms with Crippen LogP contribution in [0.3, 0.4) is 0 Å². The third-order valence-electron chi connectivity index (χ3n) is 3.42. The molecule has 0 saturated heterocycles. The Morgan fingerprint density at radius 1 is 1.09 bits per heavy atom. The maximum absolute atomic E-state index is 12.9. The Hall–Kier alpha value is -2.69. The lowest BCUT2D eigenvalue weighted by Crippen LogP contribution is -2.21. The van der Waals surface area contributed by atoms with E-state index in [0.29, 0.717) is 24.1 Å². The van der Waals surface area contributed by atoms with Crippen LogP contribution in [0, 0.1) is 5.82 Å². The minimum Gasteiger partial charge on any atom is -0.349 e. The molecule has 2 aromatic rings. The Bertz CT molecular complexity index is 696. The molecule has 0 saturated carbocycles. The molecule has 2 amide bonds. The summed E-state index contributed by atoms with van der Waals surface area (Å²) in [7, 11) is 3.45. The summed E-state index contributed by atoms with van der Waals surface area (Å²) in [6.07, 6.45) is 1.03. The maximum atomic E-state index is 12.9. The van der Waals surface area contributed by atoms with Crippen molar-refractivity contribution in [3.8, 4) is 0 Å². The number of carbonyl (C=O) groups excluding carboxylic acids is 2. The van der Waals surface area contributed by atoms with Crippen molar-refractivity contribution in [3.05, 3.63) is 65.5 Å². The molecule has 5 heteroatoms. The smallest absolute Gasteiger partial charge is 0.255 e. The average molecular weight is 314 g/mol. The molecule has 0 bridgehead atoms. The van der Waals surface area contributed by atoms with Crippen LogP contribution in [0.2, 0.25) is 0 Å². The molecule has 0 aliphatic heterocycles. The number of halogens is 1. The van der Waals surface area contributed by atoms with E-state index in [-0.39, 0.29) is 17.6 Å². The molecule has 0 aliphatic rings. The highest BCUT2D eigenvalue weighted by atomic mass is 19.1. The number of benzene rings is 2. The van der Waals surface area contributed by atoms with E-state index in [9.17, 15) is 14.0 Å². The topological polar surface area (TPSA) is 49.4 Å². The van der Waals surface area contributed by atoms with E-state index in [1.54, 1.807) is 25.1 Å². The summed E-state index contributed by atoms with van der Waals surface area (Å²) in [6, 6.07) is 12.7. The molecule has 2 rings (SSSR count). The van der Waals surface area contributed by atoms with Gasteiger partial charge in [0, 0.05) is 31.8 Å². The molecule has 1 N–H and O–H groups in total. The van der Waals surface area contributed by atoms with Gasteiger partial charge in [0.05, 0.1) is 0 Å². The average Bonchev–Trinajstić information content (AvgIpc) is 2.53. The summed E-state index contributed by atoms with van der Waals surface area (Å²) < 4.78 is 12.9. The first-order chi connectivity index (χ1) is 11.0. The van der Waals surface area contributed by atoms with E-state index in [4.69, 9.17) is 0 Å². The quantitative estimate of drug-likeness (QED) is 0.922. The molecule has 2 aromatic carbocycles. The minimum absolute atomic E-state index is 0.0609. The third-order valence-corrected chi connectivity index (χ3v) is 3.42. The maximum Gasteiger partial charge on any atom is 0.255 e. The molecule has 0 aromatic heterocycles. The van der Waals surface area contributed by atoms with Gasteiger partial charge in [-0.2, -0.15) is 0 Å². The minimum atomic E-state index is -0.380. The largest absolute Gasteiger partial charge is 0.349 e. The first kappa shape index (κ1) is 16.7. The second-order valence-electron chi connectivity index (χ2n) is 5.45. The zero-order valence-electron chi connectivity index (χ0n) is 13.2. The van der Waals surface area contributed by atoms with E-state index in [1.807, 2.05) is 18.2 Å². The molecule has 23 heavy (non-hydrogen) atoms. The molecule has 0 radical (unpaired) electrons. The monoisotopic (exact) mass is 314 g/mol. The van der Waals surface area contributed by atoms with Crippen LogP contribution in [0.4, 0.5) is 10.1 Å². The van der Waals surface area contributed by atoms with Crippen LogP contribution in [0.15, 0.2) is 48.5 Å². The van der Waals surface area contributed by atoms with Gasteiger partial charge in [-0.25, -0.2) is 4.39 Å². The van der Waals surface area contributed by atoms with Gasteiger partial charge in [-0.1, -0.05) is 12.1 Å². The van der Waals surface area contributed by atoms with Gasteiger partial charge in [0.1, 0.15) is 5.82 Å². The fourth-order valence-electron chi connectivity index (χ4n) is 2.08. The van der Waals surface area contributed by atoms with Gasteiger partial charge in [-0.3, -0.25) is 9.59 Å². The predicted molar refractivity (Wildman–Crippen MR) is 87.8 cm³/mol. The molecule has 0 fully saturated rings. The molecule has 0 heterocycles. The van der Waals surface area contributed by atoms with E-state index in [0.717, 1.165) is 5.56 Å². The zero-order chi connectivity index (χ0) is 16.8. The van der Waals surface area contributed by atoms with Crippen LogP contribution in [0.1, 0.15) is 22.3 Å². The highest BCUT2D eigenvalue weighted by Gasteiger charge is 2.08. The van der Waals surface area contributed by atoms with Crippen molar-refractivity contribution in [3.63, 3.8) is 0 Å². The summed E-state index contributed by atoms with van der Waals surface area (Å²) in [5, 5.41) is 2.77. The van der Waals surface area contributed by atoms with Crippen molar-refractivity contribution < 1.29 is 14.0 Å². The molecule has 4 nitrogen and oxygen atoms in total. The van der Waals surface area contributed by atoms with Gasteiger partial charge >= 0.3 is 0 Å². The molecular formula is C18H19FN2O2. The number of rotatable bonds is 5. The first-order valence-electron chi connectivity index (χ1n) is 7.32. The van der Waals surface area contributed by atoms with Crippen molar-refractivity contribution >= 4 is 17.5 Å². The second kappa shape index (κ2) is 7.54. The molecule has 0 atom stereocenters. The standard InChI is InChI=1S/C18H19FN2O2/c1-21(2)17(22)11-6-13-4-3-5-16(12-13)20-18(23)14-7-9-15(19)10-8-14/h3-5,7-10,12H,6,11H2,1-2H3,(H,20,23). The summed E-state index contributed by atoms with van der Waals surface area (Å²) in [5.41, 5.74) is 2.01. The van der Waals surface area contributed by atoms with E-state index < -0.39 is 0 Å². The number of amides is 2. The number of hydrogen-bond acceptors (Lipinski definition) is 2. The highest BCUT2D eigenvalue weighted by Crippen LogP contribution is 2.14. The van der Waals surface area contributed by atoms with Gasteiger partial charge in [-0.15, -0.1) is 0 Å². The number of anilines is 1. The van der Waals surface area contributed by atoms with Crippen molar-refractivity contribution in [2.24, 2.45) is 0 Å². The van der Waals surface area contributed by atoms with E-state index >= 15 is 0 Å². The molecular weight excluding hydrogens is 295 g/mol. The van der Waals surface area contributed by atoms with Gasteiger partial charge < -0.3 is 10.2 Å². The van der Waals surface area contributed by atoms with Crippen molar-refractivity contribution in [1.82, 2.24) is 4.90 Å². The molecule has 120 valence electrons. The summed E-state index contributed by atoms with van der Waals surface area (Å²) in [5.74, 6) is -0.619. The van der Waals surface area contributed by atoms with Gasteiger partial charge in [-0.05, 0) is 48.4 Å². The van der Waals surface area contributed by atoms with Crippen LogP contribution in [0.5, 0.6) is 0 Å². The SMILES string of the molecule is CN(C)C(=O)CCc1cccc(NC(=O)c2ccc(F)cc2)c1. The molecule has 0 unspecified atom stereocenters. The lowest BCUT2D eigenvalue weighted by atomic mass is 10.1. The Labute approximate surface area is 134 Å². The second-order valence-corrected chi connectivity index (χ2v) is 5.45. The number of aryl methyl sites for hydroxylation is 1. The Morgan fingerprint density at radius 3 is 2.43 bits per heavy atom. The van der Waals surface area contributed by atoms with Crippen LogP contribution in [-0.4, -0.2) is 30.8 Å². The first-order valence-corrected chi connectivity index (χ1v) is 7.32. The number of nitrogens with one attached hydrogen (secondary N) is 1. The van der Waals surface area contributed by atoms with Crippen molar-refractivity contribution in [2.75, 3.05) is 19.4 Å².